The van der Waals surface area contributed by atoms with Crippen LogP contribution in [0.3, 0.4) is 0 Å². The van der Waals surface area contributed by atoms with Gasteiger partial charge in [-0.05, 0) is 25.8 Å². The molecule has 1 aliphatic rings. The fourth-order valence-corrected chi connectivity index (χ4v) is 4.42. The van der Waals surface area contributed by atoms with Gasteiger partial charge in [0.2, 0.25) is 0 Å². The quantitative estimate of drug-likeness (QED) is 0.904. The second kappa shape index (κ2) is 4.35. The van der Waals surface area contributed by atoms with Crippen LogP contribution in [0, 0.1) is 6.92 Å². The molecule has 1 fully saturated rings. The Bertz CT molecular complexity index is 561. The molecule has 98 valence electrons. The fourth-order valence-electron chi connectivity index (χ4n) is 3.27. The van der Waals surface area contributed by atoms with Crippen molar-refractivity contribution >= 4 is 21.6 Å². The van der Waals surface area contributed by atoms with Gasteiger partial charge in [-0.25, -0.2) is 0 Å². The van der Waals surface area contributed by atoms with Crippen LogP contribution in [0.1, 0.15) is 42.7 Å². The van der Waals surface area contributed by atoms with Crippen LogP contribution in [-0.2, 0) is 12.5 Å². The summed E-state index contributed by atoms with van der Waals surface area (Å²) in [5.41, 5.74) is 8.80. The highest BCUT2D eigenvalue weighted by Gasteiger charge is 2.37. The van der Waals surface area contributed by atoms with Gasteiger partial charge in [-0.1, -0.05) is 19.3 Å². The maximum absolute atomic E-state index is 6.13. The standard InChI is InChI=1S/C14H21N3S/c1-10-8-11-12(18-10)13(16-17(11)2)14(9-15)6-4-3-5-7-14/h8H,3-7,9,15H2,1-2H3. The molecule has 0 saturated heterocycles. The molecule has 2 heterocycles. The summed E-state index contributed by atoms with van der Waals surface area (Å²) in [6.07, 6.45) is 6.33. The van der Waals surface area contributed by atoms with Crippen molar-refractivity contribution in [3.8, 4) is 0 Å². The Kier molecular flexibility index (Phi) is 2.94. The van der Waals surface area contributed by atoms with Gasteiger partial charge in [0.1, 0.15) is 0 Å². The van der Waals surface area contributed by atoms with E-state index in [0.717, 1.165) is 6.54 Å². The number of aromatic nitrogens is 2. The van der Waals surface area contributed by atoms with E-state index in [1.165, 1.54) is 52.9 Å². The zero-order valence-corrected chi connectivity index (χ0v) is 12.0. The number of hydrogen-bond donors (Lipinski definition) is 1. The van der Waals surface area contributed by atoms with Crippen LogP contribution < -0.4 is 5.73 Å². The number of nitrogens with two attached hydrogens (primary N) is 1. The first kappa shape index (κ1) is 12.2. The van der Waals surface area contributed by atoms with E-state index in [9.17, 15) is 0 Å². The first-order chi connectivity index (χ1) is 8.66. The summed E-state index contributed by atoms with van der Waals surface area (Å²) in [6, 6.07) is 2.24. The van der Waals surface area contributed by atoms with Gasteiger partial charge >= 0.3 is 0 Å². The molecular formula is C14H21N3S. The smallest absolute Gasteiger partial charge is 0.0877 e. The molecule has 0 spiro atoms. The molecule has 0 atom stereocenters. The molecule has 4 heteroatoms. The second-order valence-corrected chi connectivity index (χ2v) is 6.85. The van der Waals surface area contributed by atoms with E-state index in [1.807, 2.05) is 23.1 Å². The number of rotatable bonds is 2. The van der Waals surface area contributed by atoms with Crippen LogP contribution in [-0.4, -0.2) is 16.3 Å². The third-order valence-corrected chi connectivity index (χ3v) is 5.40. The third kappa shape index (κ3) is 1.70. The van der Waals surface area contributed by atoms with Gasteiger partial charge in [0.25, 0.3) is 0 Å². The lowest BCUT2D eigenvalue weighted by molar-refractivity contribution is 0.294. The van der Waals surface area contributed by atoms with Gasteiger partial charge in [-0.3, -0.25) is 4.68 Å². The number of hydrogen-bond acceptors (Lipinski definition) is 3. The molecule has 0 radical (unpaired) electrons. The first-order valence-corrected chi connectivity index (χ1v) is 7.62. The topological polar surface area (TPSA) is 43.8 Å². The van der Waals surface area contributed by atoms with E-state index < -0.39 is 0 Å². The van der Waals surface area contributed by atoms with Crippen LogP contribution in [0.2, 0.25) is 0 Å². The van der Waals surface area contributed by atoms with Crippen LogP contribution in [0.25, 0.3) is 10.2 Å². The Morgan fingerprint density at radius 3 is 2.78 bits per heavy atom. The van der Waals surface area contributed by atoms with Crippen LogP contribution >= 0.6 is 11.3 Å². The number of aryl methyl sites for hydroxylation is 2. The predicted octanol–water partition coefficient (Wildman–Crippen LogP) is 3.10. The van der Waals surface area contributed by atoms with Crippen molar-refractivity contribution in [1.82, 2.24) is 9.78 Å². The minimum atomic E-state index is 0.134. The molecule has 0 aliphatic heterocycles. The highest BCUT2D eigenvalue weighted by molar-refractivity contribution is 7.19. The number of thiophene rings is 1. The molecule has 0 unspecified atom stereocenters. The minimum absolute atomic E-state index is 0.134. The van der Waals surface area contributed by atoms with Gasteiger partial charge < -0.3 is 5.73 Å². The maximum Gasteiger partial charge on any atom is 0.0877 e. The van der Waals surface area contributed by atoms with Crippen LogP contribution in [0.4, 0.5) is 0 Å². The molecule has 0 bridgehead atoms. The molecular weight excluding hydrogens is 242 g/mol. The molecule has 3 nitrogen and oxygen atoms in total. The van der Waals surface area contributed by atoms with E-state index in [4.69, 9.17) is 10.8 Å². The average molecular weight is 263 g/mol. The molecule has 1 saturated carbocycles. The molecule has 18 heavy (non-hydrogen) atoms. The van der Waals surface area contributed by atoms with Crippen molar-refractivity contribution in [2.45, 2.75) is 44.4 Å². The van der Waals surface area contributed by atoms with Gasteiger partial charge in [0, 0.05) is 23.9 Å². The summed E-state index contributed by atoms with van der Waals surface area (Å²) in [6.45, 7) is 2.90. The van der Waals surface area contributed by atoms with E-state index >= 15 is 0 Å². The third-order valence-electron chi connectivity index (χ3n) is 4.35. The normalized spacial score (nSPS) is 19.5. The van der Waals surface area contributed by atoms with Gasteiger partial charge in [0.05, 0.1) is 15.9 Å². The Morgan fingerprint density at radius 1 is 1.39 bits per heavy atom. The lowest BCUT2D eigenvalue weighted by Gasteiger charge is -2.34. The minimum Gasteiger partial charge on any atom is -0.330 e. The lowest BCUT2D eigenvalue weighted by Crippen LogP contribution is -2.37. The largest absolute Gasteiger partial charge is 0.330 e. The van der Waals surface area contributed by atoms with Crippen molar-refractivity contribution in [3.05, 3.63) is 16.6 Å². The van der Waals surface area contributed by atoms with Crippen LogP contribution in [0.15, 0.2) is 6.07 Å². The Balaban J connectivity index is 2.17. The molecule has 3 rings (SSSR count). The summed E-state index contributed by atoms with van der Waals surface area (Å²) >= 11 is 1.87. The fraction of sp³-hybridized carbons (Fsp3) is 0.643. The average Bonchev–Trinajstić information content (AvgIpc) is 2.90. The van der Waals surface area contributed by atoms with Crippen molar-refractivity contribution in [3.63, 3.8) is 0 Å². The SMILES string of the molecule is Cc1cc2c(s1)c(C1(CN)CCCCC1)nn2C. The highest BCUT2D eigenvalue weighted by Crippen LogP contribution is 2.42. The number of fused-ring (bicyclic) bond motifs is 1. The van der Waals surface area contributed by atoms with Gasteiger partial charge in [-0.2, -0.15) is 5.10 Å². The summed E-state index contributed by atoms with van der Waals surface area (Å²) in [5, 5.41) is 4.80. The Labute approximate surface area is 112 Å². The highest BCUT2D eigenvalue weighted by atomic mass is 32.1. The second-order valence-electron chi connectivity index (χ2n) is 5.59. The van der Waals surface area contributed by atoms with Crippen molar-refractivity contribution < 1.29 is 0 Å². The number of nitrogens with zero attached hydrogens (tertiary/aromatic N) is 2. The van der Waals surface area contributed by atoms with Gasteiger partial charge in [-0.15, -0.1) is 11.3 Å². The van der Waals surface area contributed by atoms with E-state index in [-0.39, 0.29) is 5.41 Å². The van der Waals surface area contributed by atoms with Crippen LogP contribution in [0.5, 0.6) is 0 Å². The molecule has 2 N–H and O–H groups in total. The zero-order valence-electron chi connectivity index (χ0n) is 11.2. The zero-order chi connectivity index (χ0) is 12.8. The molecule has 1 aliphatic carbocycles. The summed E-state index contributed by atoms with van der Waals surface area (Å²) in [5.74, 6) is 0. The Morgan fingerprint density at radius 2 is 2.11 bits per heavy atom. The lowest BCUT2D eigenvalue weighted by atomic mass is 9.72. The van der Waals surface area contributed by atoms with Gasteiger partial charge in [0.15, 0.2) is 0 Å². The maximum atomic E-state index is 6.13. The molecule has 0 amide bonds. The van der Waals surface area contributed by atoms with Crippen molar-refractivity contribution in [2.75, 3.05) is 6.54 Å². The summed E-state index contributed by atoms with van der Waals surface area (Å²) in [7, 11) is 2.05. The molecule has 0 aromatic carbocycles. The summed E-state index contributed by atoms with van der Waals surface area (Å²) in [4.78, 5) is 1.36. The molecule has 2 aromatic rings. The van der Waals surface area contributed by atoms with E-state index in [2.05, 4.69) is 13.0 Å². The van der Waals surface area contributed by atoms with E-state index in [0.29, 0.717) is 0 Å². The Hall–Kier alpha value is -0.870. The first-order valence-electron chi connectivity index (χ1n) is 6.80. The molecule has 2 aromatic heterocycles. The predicted molar refractivity (Wildman–Crippen MR) is 77.1 cm³/mol. The van der Waals surface area contributed by atoms with E-state index in [1.54, 1.807) is 0 Å². The van der Waals surface area contributed by atoms with Crippen molar-refractivity contribution in [2.24, 2.45) is 12.8 Å². The summed E-state index contributed by atoms with van der Waals surface area (Å²) < 4.78 is 3.39. The monoisotopic (exact) mass is 263 g/mol. The van der Waals surface area contributed by atoms with Crippen molar-refractivity contribution in [1.29, 1.82) is 0 Å².